The van der Waals surface area contributed by atoms with E-state index in [9.17, 15) is 0 Å². The Bertz CT molecular complexity index is 100. The van der Waals surface area contributed by atoms with Gasteiger partial charge in [-0.1, -0.05) is 25.2 Å². The molecule has 0 heteroatoms. The van der Waals surface area contributed by atoms with Crippen molar-refractivity contribution in [2.45, 2.75) is 0 Å². The Kier molecular flexibility index (Phi) is 0.316. The van der Waals surface area contributed by atoms with Crippen LogP contribution in [0.3, 0.4) is 0 Å². The van der Waals surface area contributed by atoms with E-state index in [-0.39, 0.29) is 13.1 Å². The van der Waals surface area contributed by atoms with Crippen LogP contribution in [0.2, 0.25) is 0 Å². The third kappa shape index (κ3) is 1.48. The molecule has 0 radical (unpaired) electrons. The second-order valence-electron chi connectivity index (χ2n) is 0.333. The molecule has 0 saturated heterocycles. The molecule has 0 heterocycles. The summed E-state index contributed by atoms with van der Waals surface area (Å²) in [4.78, 5) is 0. The molecular formula is C4H6. The first-order valence-electron chi connectivity index (χ1n) is 2.91. The lowest BCUT2D eigenvalue weighted by Gasteiger charge is -1.44. The van der Waals surface area contributed by atoms with Crippen molar-refractivity contribution in [2.24, 2.45) is 0 Å². The first kappa shape index (κ1) is 0.510. The minimum absolute atomic E-state index is 0.387. The maximum absolute atomic E-state index is 6.49. The van der Waals surface area contributed by atoms with Crippen LogP contribution in [-0.4, -0.2) is 0 Å². The van der Waals surface area contributed by atoms with Crippen molar-refractivity contribution in [3.05, 3.63) is 25.2 Å². The fourth-order valence-corrected chi connectivity index (χ4v) is 0. The molecule has 0 N–H and O–H groups in total. The first-order chi connectivity index (χ1) is 3.63. The zero-order valence-corrected chi connectivity index (χ0v) is 2.15. The highest BCUT2D eigenvalue weighted by Crippen LogP contribution is 1.52. The van der Waals surface area contributed by atoms with Gasteiger partial charge >= 0.3 is 0 Å². The van der Waals surface area contributed by atoms with Gasteiger partial charge in [0.2, 0.25) is 0 Å². The van der Waals surface area contributed by atoms with Gasteiger partial charge in [0.1, 0.15) is 0 Å². The lowest BCUT2D eigenvalue weighted by atomic mass is 10.6. The molecule has 0 aliphatic heterocycles. The summed E-state index contributed by atoms with van der Waals surface area (Å²) in [6.07, 6.45) is 2.16. The monoisotopic (exact) mass is 54.0 g/mol. The van der Waals surface area contributed by atoms with Gasteiger partial charge in [0.25, 0.3) is 0 Å². The third-order valence-electron chi connectivity index (χ3n) is 0.0833. The van der Waals surface area contributed by atoms with Crippen LogP contribution in [0.25, 0.3) is 0 Å². The fourth-order valence-electron chi connectivity index (χ4n) is 0. The first-order valence-corrected chi connectivity index (χ1v) is 0.911. The van der Waals surface area contributed by atoms with Crippen LogP contribution in [0.4, 0.5) is 0 Å². The summed E-state index contributed by atoms with van der Waals surface area (Å²) in [6.45, 7) is -0.774. The van der Waals surface area contributed by atoms with Gasteiger partial charge in [0.05, 0.1) is 5.48 Å². The van der Waals surface area contributed by atoms with Gasteiger partial charge in [-0.2, -0.15) is 0 Å². The predicted octanol–water partition coefficient (Wildman–Crippen LogP) is 1.36. The molecule has 0 aromatic rings. The minimum atomic E-state index is -0.387. The topological polar surface area (TPSA) is 0 Å². The molecule has 0 saturated carbocycles. The summed E-state index contributed by atoms with van der Waals surface area (Å²) in [5.74, 6) is 0. The Balaban J connectivity index is 3.76. The van der Waals surface area contributed by atoms with E-state index in [1.165, 1.54) is 0 Å². The van der Waals surface area contributed by atoms with Gasteiger partial charge in [-0.25, -0.2) is 0 Å². The molecule has 0 aliphatic carbocycles. The van der Waals surface area contributed by atoms with E-state index < -0.39 is 0 Å². The van der Waals surface area contributed by atoms with Crippen LogP contribution < -0.4 is 0 Å². The van der Waals surface area contributed by atoms with Crippen LogP contribution in [0.15, 0.2) is 25.2 Å². The van der Waals surface area contributed by atoms with Crippen molar-refractivity contribution in [3.63, 3.8) is 0 Å². The zero-order chi connectivity index (χ0) is 6.57. The van der Waals surface area contributed by atoms with E-state index in [1.807, 2.05) is 0 Å². The van der Waals surface area contributed by atoms with Crippen LogP contribution in [0.5, 0.6) is 0 Å². The van der Waals surface area contributed by atoms with Gasteiger partial charge in [-0.05, 0) is 0 Å². The molecule has 0 aromatic carbocycles. The normalized spacial score (nSPS) is 17.0. The van der Waals surface area contributed by atoms with Gasteiger partial charge in [-0.15, -0.1) is 0 Å². The Labute approximate surface area is 32.1 Å². The lowest BCUT2D eigenvalue weighted by molar-refractivity contribution is 2.15. The van der Waals surface area contributed by atoms with Crippen molar-refractivity contribution in [1.82, 2.24) is 0 Å². The molecule has 22 valence electrons. The number of hydrogen-bond donors (Lipinski definition) is 0. The van der Waals surface area contributed by atoms with E-state index in [0.29, 0.717) is 0 Å². The smallest absolute Gasteiger partial charge is 0.0538 e. The van der Waals surface area contributed by atoms with Gasteiger partial charge in [-0.3, -0.25) is 0 Å². The Hall–Kier alpha value is -0.520. The maximum atomic E-state index is 6.49. The molecule has 0 unspecified atom stereocenters. The molecule has 0 bridgehead atoms. The maximum Gasteiger partial charge on any atom is 0.0538 e. The Morgan fingerprint density at radius 1 is 1.50 bits per heavy atom. The van der Waals surface area contributed by atoms with Crippen LogP contribution in [0.1, 0.15) is 5.48 Å². The standard InChI is InChI=1S/C4H6/c1-3-4-2/h3-4H,1-2H2/i1H2,2H2. The highest BCUT2D eigenvalue weighted by molar-refractivity contribution is 4.88. The van der Waals surface area contributed by atoms with Crippen LogP contribution >= 0.6 is 0 Å². The summed E-state index contributed by atoms with van der Waals surface area (Å²) >= 11 is 0. The summed E-state index contributed by atoms with van der Waals surface area (Å²) in [6, 6.07) is 0. The SMILES string of the molecule is [1H]C([1H])=CC=C([1H])[1H]. The number of rotatable bonds is 1. The highest BCUT2D eigenvalue weighted by Gasteiger charge is 1.29. The molecule has 0 atom stereocenters. The average Bonchev–Trinajstić information content (AvgIpc) is 1.61. The van der Waals surface area contributed by atoms with Crippen molar-refractivity contribution in [3.8, 4) is 0 Å². The van der Waals surface area contributed by atoms with Gasteiger partial charge < -0.3 is 0 Å². The lowest BCUT2D eigenvalue weighted by Crippen LogP contribution is -1.21. The van der Waals surface area contributed by atoms with Gasteiger partial charge in [0, 0.05) is 0 Å². The van der Waals surface area contributed by atoms with Crippen molar-refractivity contribution < 1.29 is 5.48 Å². The Morgan fingerprint density at radius 2 is 2.00 bits per heavy atom. The predicted molar refractivity (Wildman–Crippen MR) is 20.4 cm³/mol. The average molecular weight is 54.1 g/mol. The molecule has 0 amide bonds. The molecule has 0 nitrogen and oxygen atoms in total. The molecular weight excluding hydrogens is 48.0 g/mol. The Morgan fingerprint density at radius 3 is 2.25 bits per heavy atom. The van der Waals surface area contributed by atoms with Gasteiger partial charge in [0.15, 0.2) is 0 Å². The molecule has 0 spiro atoms. The molecule has 4 heavy (non-hydrogen) atoms. The van der Waals surface area contributed by atoms with E-state index in [1.54, 1.807) is 0 Å². The third-order valence-corrected chi connectivity index (χ3v) is 0.0833. The van der Waals surface area contributed by atoms with Crippen LogP contribution in [0, 0.1) is 0 Å². The molecule has 0 aliphatic rings. The second-order valence-corrected chi connectivity index (χ2v) is 0.333. The van der Waals surface area contributed by atoms with E-state index in [0.717, 1.165) is 12.2 Å². The molecule has 0 fully saturated rings. The summed E-state index contributed by atoms with van der Waals surface area (Å²) in [7, 11) is 0. The summed E-state index contributed by atoms with van der Waals surface area (Å²) in [5.41, 5.74) is 0. The summed E-state index contributed by atoms with van der Waals surface area (Å²) in [5, 5.41) is 0. The van der Waals surface area contributed by atoms with E-state index >= 15 is 0 Å². The quantitative estimate of drug-likeness (QED) is 0.396. The van der Waals surface area contributed by atoms with E-state index in [4.69, 9.17) is 5.48 Å². The largest absolute Gasteiger partial charge is 0.0991 e. The van der Waals surface area contributed by atoms with E-state index in [2.05, 4.69) is 0 Å². The second kappa shape index (κ2) is 2.48. The van der Waals surface area contributed by atoms with Crippen molar-refractivity contribution in [2.75, 3.05) is 0 Å². The van der Waals surface area contributed by atoms with Crippen molar-refractivity contribution in [1.29, 1.82) is 0 Å². The molecule has 0 rings (SSSR count). The fraction of sp³-hybridized carbons (Fsp3) is 0. The van der Waals surface area contributed by atoms with Crippen LogP contribution in [-0.2, 0) is 0 Å². The minimum Gasteiger partial charge on any atom is -0.0991 e. The highest BCUT2D eigenvalue weighted by atomic mass is 13.4. The summed E-state index contributed by atoms with van der Waals surface area (Å²) < 4.78 is 26.0. The number of hydrogen-bond acceptors (Lipinski definition) is 0. The number of allylic oxidation sites excluding steroid dienone is 2. The van der Waals surface area contributed by atoms with Crippen molar-refractivity contribution >= 4 is 0 Å². The molecule has 0 aromatic heterocycles. The zero-order valence-electron chi connectivity index (χ0n) is 6.15.